The Bertz CT molecular complexity index is 1010. The molecule has 0 aliphatic heterocycles. The molecule has 0 saturated heterocycles. The van der Waals surface area contributed by atoms with Crippen molar-refractivity contribution in [3.05, 3.63) is 88.9 Å². The predicted octanol–water partition coefficient (Wildman–Crippen LogP) is 4.26. The van der Waals surface area contributed by atoms with E-state index in [1.54, 1.807) is 18.8 Å². The molecule has 3 aromatic rings. The predicted molar refractivity (Wildman–Crippen MR) is 114 cm³/mol. The maximum absolute atomic E-state index is 12.0. The summed E-state index contributed by atoms with van der Waals surface area (Å²) in [7, 11) is 1.61. The van der Waals surface area contributed by atoms with Crippen LogP contribution in [0.1, 0.15) is 17.2 Å². The van der Waals surface area contributed by atoms with Gasteiger partial charge in [-0.3, -0.25) is 9.36 Å². The molecule has 2 N–H and O–H groups in total. The first-order valence-corrected chi connectivity index (χ1v) is 9.93. The first-order valence-electron chi connectivity index (χ1n) is 8.71. The van der Waals surface area contributed by atoms with E-state index in [0.29, 0.717) is 12.1 Å². The molecule has 5 heteroatoms. The SMILES string of the molecule is C=C[C@@H](Cc1ccc(-c2cccc(SC)c2)cc1)c1cc(=O)n(C)c(N)n1. The molecule has 27 heavy (non-hydrogen) atoms. The third-order valence-corrected chi connectivity index (χ3v) is 5.39. The van der Waals surface area contributed by atoms with Gasteiger partial charge in [-0.05, 0) is 41.5 Å². The smallest absolute Gasteiger partial charge is 0.254 e. The molecule has 0 bridgehead atoms. The van der Waals surface area contributed by atoms with Gasteiger partial charge >= 0.3 is 0 Å². The van der Waals surface area contributed by atoms with Crippen molar-refractivity contribution >= 4 is 17.7 Å². The van der Waals surface area contributed by atoms with Crippen LogP contribution in [0.2, 0.25) is 0 Å². The average Bonchev–Trinajstić information content (AvgIpc) is 2.70. The highest BCUT2D eigenvalue weighted by atomic mass is 32.2. The van der Waals surface area contributed by atoms with E-state index < -0.39 is 0 Å². The Hall–Kier alpha value is -2.79. The van der Waals surface area contributed by atoms with Crippen molar-refractivity contribution < 1.29 is 0 Å². The van der Waals surface area contributed by atoms with Crippen molar-refractivity contribution in [1.82, 2.24) is 9.55 Å². The van der Waals surface area contributed by atoms with Gasteiger partial charge in [0, 0.05) is 23.9 Å². The Morgan fingerprint density at radius 3 is 2.56 bits per heavy atom. The normalized spacial score (nSPS) is 11.9. The number of anilines is 1. The van der Waals surface area contributed by atoms with Crippen molar-refractivity contribution in [2.75, 3.05) is 12.0 Å². The molecule has 4 nitrogen and oxygen atoms in total. The lowest BCUT2D eigenvalue weighted by Crippen LogP contribution is -2.22. The van der Waals surface area contributed by atoms with E-state index in [1.165, 1.54) is 26.7 Å². The standard InChI is InChI=1S/C22H23N3OS/c1-4-16(20-14-21(26)25(2)22(23)24-20)12-15-8-10-17(11-9-15)18-6-5-7-19(13-18)27-3/h4-11,13-14,16H,1,12H2,2-3H3,(H2,23,24)/t16-/m0/s1. The fourth-order valence-corrected chi connectivity index (χ4v) is 3.42. The van der Waals surface area contributed by atoms with Crippen LogP contribution in [0, 0.1) is 0 Å². The Labute approximate surface area is 163 Å². The zero-order valence-corrected chi connectivity index (χ0v) is 16.4. The van der Waals surface area contributed by atoms with Gasteiger partial charge in [0.05, 0.1) is 5.69 Å². The number of rotatable bonds is 6. The average molecular weight is 378 g/mol. The molecule has 0 fully saturated rings. The summed E-state index contributed by atoms with van der Waals surface area (Å²) >= 11 is 1.74. The highest BCUT2D eigenvalue weighted by molar-refractivity contribution is 7.98. The molecular formula is C22H23N3OS. The van der Waals surface area contributed by atoms with Gasteiger partial charge < -0.3 is 5.73 Å². The van der Waals surface area contributed by atoms with Crippen LogP contribution >= 0.6 is 11.8 Å². The molecule has 2 aromatic carbocycles. The summed E-state index contributed by atoms with van der Waals surface area (Å²) in [6.45, 7) is 3.91. The van der Waals surface area contributed by atoms with E-state index in [-0.39, 0.29) is 17.4 Å². The highest BCUT2D eigenvalue weighted by Crippen LogP contribution is 2.26. The van der Waals surface area contributed by atoms with Crippen LogP contribution in [-0.2, 0) is 13.5 Å². The summed E-state index contributed by atoms with van der Waals surface area (Å²) in [4.78, 5) is 17.6. The summed E-state index contributed by atoms with van der Waals surface area (Å²) in [6.07, 6.45) is 4.61. The molecule has 1 aromatic heterocycles. The van der Waals surface area contributed by atoms with Gasteiger partial charge in [0.15, 0.2) is 0 Å². The molecule has 0 amide bonds. The van der Waals surface area contributed by atoms with E-state index in [0.717, 1.165) is 5.56 Å². The molecule has 1 heterocycles. The number of hydrogen-bond acceptors (Lipinski definition) is 4. The highest BCUT2D eigenvalue weighted by Gasteiger charge is 2.13. The molecule has 3 rings (SSSR count). The second kappa shape index (κ2) is 8.27. The lowest BCUT2D eigenvalue weighted by atomic mass is 9.94. The van der Waals surface area contributed by atoms with Gasteiger partial charge in [-0.2, -0.15) is 0 Å². The fourth-order valence-electron chi connectivity index (χ4n) is 2.96. The number of nitrogen functional groups attached to an aromatic ring is 1. The number of hydrogen-bond donors (Lipinski definition) is 1. The molecule has 0 radical (unpaired) electrons. The van der Waals surface area contributed by atoms with Crippen molar-refractivity contribution in [2.24, 2.45) is 7.05 Å². The molecule has 1 atom stereocenters. The summed E-state index contributed by atoms with van der Waals surface area (Å²) < 4.78 is 1.33. The third kappa shape index (κ3) is 4.31. The fraction of sp³-hybridized carbons (Fsp3) is 0.182. The topological polar surface area (TPSA) is 60.9 Å². The molecule has 138 valence electrons. The van der Waals surface area contributed by atoms with Crippen molar-refractivity contribution in [1.29, 1.82) is 0 Å². The Morgan fingerprint density at radius 2 is 1.93 bits per heavy atom. The summed E-state index contributed by atoms with van der Waals surface area (Å²) in [5, 5.41) is 0. The van der Waals surface area contributed by atoms with Crippen LogP contribution in [0.15, 0.2) is 76.9 Å². The monoisotopic (exact) mass is 377 g/mol. The number of allylic oxidation sites excluding steroid dienone is 1. The maximum Gasteiger partial charge on any atom is 0.254 e. The maximum atomic E-state index is 12.0. The van der Waals surface area contributed by atoms with E-state index >= 15 is 0 Å². The largest absolute Gasteiger partial charge is 0.369 e. The third-order valence-electron chi connectivity index (χ3n) is 4.67. The van der Waals surface area contributed by atoms with E-state index in [1.807, 2.05) is 6.08 Å². The van der Waals surface area contributed by atoms with Crippen LogP contribution < -0.4 is 11.3 Å². The number of aromatic nitrogens is 2. The summed E-state index contributed by atoms with van der Waals surface area (Å²) in [6, 6.07) is 18.5. The second-order valence-electron chi connectivity index (χ2n) is 6.41. The number of nitrogens with two attached hydrogens (primary N) is 1. The quantitative estimate of drug-likeness (QED) is 0.515. The van der Waals surface area contributed by atoms with Crippen molar-refractivity contribution in [2.45, 2.75) is 17.2 Å². The van der Waals surface area contributed by atoms with Crippen LogP contribution in [-0.4, -0.2) is 15.8 Å². The zero-order chi connectivity index (χ0) is 19.4. The minimum absolute atomic E-state index is 0.0631. The van der Waals surface area contributed by atoms with E-state index in [2.05, 4.69) is 66.3 Å². The van der Waals surface area contributed by atoms with E-state index in [9.17, 15) is 4.79 Å². The minimum Gasteiger partial charge on any atom is -0.369 e. The lowest BCUT2D eigenvalue weighted by molar-refractivity contribution is 0.760. The molecule has 0 saturated carbocycles. The molecule has 0 aliphatic rings. The van der Waals surface area contributed by atoms with Crippen LogP contribution in [0.3, 0.4) is 0 Å². The zero-order valence-electron chi connectivity index (χ0n) is 15.6. The Kier molecular flexibility index (Phi) is 5.81. The van der Waals surface area contributed by atoms with Crippen LogP contribution in [0.5, 0.6) is 0 Å². The Morgan fingerprint density at radius 1 is 1.19 bits per heavy atom. The van der Waals surface area contributed by atoms with Crippen molar-refractivity contribution in [3.8, 4) is 11.1 Å². The van der Waals surface area contributed by atoms with Gasteiger partial charge in [0.2, 0.25) is 5.95 Å². The minimum atomic E-state index is -0.159. The first-order chi connectivity index (χ1) is 13.0. The van der Waals surface area contributed by atoms with Gasteiger partial charge in [0.25, 0.3) is 5.56 Å². The van der Waals surface area contributed by atoms with Crippen molar-refractivity contribution in [3.63, 3.8) is 0 Å². The number of nitrogens with zero attached hydrogens (tertiary/aromatic N) is 2. The number of benzene rings is 2. The van der Waals surface area contributed by atoms with Crippen LogP contribution in [0.4, 0.5) is 5.95 Å². The summed E-state index contributed by atoms with van der Waals surface area (Å²) in [5.41, 5.74) is 9.87. The van der Waals surface area contributed by atoms with Gasteiger partial charge in [-0.15, -0.1) is 18.3 Å². The van der Waals surface area contributed by atoms with Gasteiger partial charge in [-0.1, -0.05) is 42.5 Å². The molecule has 0 unspecified atom stereocenters. The first kappa shape index (κ1) is 19.0. The summed E-state index contributed by atoms with van der Waals surface area (Å²) in [5.74, 6) is 0.153. The van der Waals surface area contributed by atoms with Gasteiger partial charge in [0.1, 0.15) is 0 Å². The van der Waals surface area contributed by atoms with Crippen LogP contribution in [0.25, 0.3) is 11.1 Å². The molecule has 0 aliphatic carbocycles. The molecule has 0 spiro atoms. The number of thioether (sulfide) groups is 1. The van der Waals surface area contributed by atoms with Gasteiger partial charge in [-0.25, -0.2) is 4.98 Å². The second-order valence-corrected chi connectivity index (χ2v) is 7.29. The molecular weight excluding hydrogens is 354 g/mol. The lowest BCUT2D eigenvalue weighted by Gasteiger charge is -2.14. The Balaban J connectivity index is 1.82. The van der Waals surface area contributed by atoms with E-state index in [4.69, 9.17) is 5.73 Å².